The maximum absolute atomic E-state index is 11.9. The molecule has 0 saturated carbocycles. The largest absolute Gasteiger partial charge is 0.494 e. The van der Waals surface area contributed by atoms with Crippen LogP contribution in [-0.4, -0.2) is 62.9 Å². The van der Waals surface area contributed by atoms with Crippen LogP contribution >= 0.6 is 0 Å². The zero-order valence-corrected chi connectivity index (χ0v) is 20.5. The fraction of sp³-hybridized carbons (Fsp3) is 0.357. The van der Waals surface area contributed by atoms with Gasteiger partial charge in [0.2, 0.25) is 5.91 Å². The van der Waals surface area contributed by atoms with E-state index in [-0.39, 0.29) is 11.3 Å². The summed E-state index contributed by atoms with van der Waals surface area (Å²) in [6.45, 7) is 2.83. The number of likely N-dealkylation sites (tertiary alicyclic amines) is 1. The third kappa shape index (κ3) is 3.64. The average Bonchev–Trinajstić information content (AvgIpc) is 3.66. The van der Waals surface area contributed by atoms with Crippen molar-refractivity contribution in [3.8, 4) is 28.3 Å². The molecule has 36 heavy (non-hydrogen) atoms. The van der Waals surface area contributed by atoms with Gasteiger partial charge in [-0.25, -0.2) is 4.98 Å². The molecule has 6 rings (SSSR count). The Bertz CT molecular complexity index is 1460. The standard InChI is InChI=1S/C28H29N5O3/c1-28(11-12-33(16-28)24(35)15-34)23-10-9-18(14-29-23)25-27-21(31-32-25)13-22(36-2)26(30-27)20-8-4-6-17-5-3-7-19(17)20/h4,6,8-10,13-14,34H,3,5,7,11-12,15-16H2,1-2H3,(H,31,32). The molecule has 2 aliphatic rings. The molecule has 8 heteroatoms. The van der Waals surface area contributed by atoms with Crippen LogP contribution < -0.4 is 4.74 Å². The lowest BCUT2D eigenvalue weighted by molar-refractivity contribution is -0.133. The molecular weight excluding hydrogens is 454 g/mol. The molecule has 2 N–H and O–H groups in total. The average molecular weight is 484 g/mol. The zero-order valence-electron chi connectivity index (χ0n) is 20.5. The number of nitrogens with one attached hydrogen (secondary N) is 1. The quantitative estimate of drug-likeness (QED) is 0.449. The summed E-state index contributed by atoms with van der Waals surface area (Å²) in [5, 5.41) is 16.9. The highest BCUT2D eigenvalue weighted by molar-refractivity contribution is 5.93. The number of pyridine rings is 2. The number of carbonyl (C=O) groups excluding carboxylic acids is 1. The van der Waals surface area contributed by atoms with Crippen molar-refractivity contribution in [2.75, 3.05) is 26.8 Å². The smallest absolute Gasteiger partial charge is 0.248 e. The first kappa shape index (κ1) is 22.7. The molecule has 1 aromatic carbocycles. The number of fused-ring (bicyclic) bond motifs is 2. The number of methoxy groups -OCH3 is 1. The molecule has 1 atom stereocenters. The van der Waals surface area contributed by atoms with Gasteiger partial charge in [0.05, 0.1) is 12.6 Å². The molecule has 0 spiro atoms. The molecule has 1 aliphatic heterocycles. The van der Waals surface area contributed by atoms with Crippen LogP contribution in [0, 0.1) is 0 Å². The van der Waals surface area contributed by atoms with Crippen LogP contribution in [0.2, 0.25) is 0 Å². The topological polar surface area (TPSA) is 104 Å². The van der Waals surface area contributed by atoms with Crippen molar-refractivity contribution < 1.29 is 14.6 Å². The van der Waals surface area contributed by atoms with E-state index in [1.165, 1.54) is 11.1 Å². The Morgan fingerprint density at radius 1 is 1.22 bits per heavy atom. The number of aromatic amines is 1. The van der Waals surface area contributed by atoms with Gasteiger partial charge in [-0.2, -0.15) is 5.10 Å². The molecule has 4 aromatic rings. The maximum Gasteiger partial charge on any atom is 0.248 e. The van der Waals surface area contributed by atoms with Crippen molar-refractivity contribution in [1.82, 2.24) is 25.1 Å². The van der Waals surface area contributed by atoms with Crippen molar-refractivity contribution in [3.05, 3.63) is 59.4 Å². The summed E-state index contributed by atoms with van der Waals surface area (Å²) in [5.74, 6) is 0.488. The lowest BCUT2D eigenvalue weighted by Crippen LogP contribution is -2.34. The minimum absolute atomic E-state index is 0.236. The maximum atomic E-state index is 11.9. The summed E-state index contributed by atoms with van der Waals surface area (Å²) in [6.07, 6.45) is 5.96. The Morgan fingerprint density at radius 2 is 2.11 bits per heavy atom. The van der Waals surface area contributed by atoms with Crippen molar-refractivity contribution in [2.24, 2.45) is 0 Å². The number of aryl methyl sites for hydroxylation is 1. The van der Waals surface area contributed by atoms with Crippen molar-refractivity contribution in [1.29, 1.82) is 0 Å². The first-order valence-corrected chi connectivity index (χ1v) is 12.4. The number of amides is 1. The normalized spacial score (nSPS) is 19.1. The lowest BCUT2D eigenvalue weighted by atomic mass is 9.85. The van der Waals surface area contributed by atoms with Gasteiger partial charge in [0, 0.05) is 47.6 Å². The van der Waals surface area contributed by atoms with E-state index in [2.05, 4.69) is 35.3 Å². The molecule has 1 unspecified atom stereocenters. The number of nitrogens with zero attached hydrogens (tertiary/aromatic N) is 4. The van der Waals surface area contributed by atoms with Crippen LogP contribution in [0.3, 0.4) is 0 Å². The van der Waals surface area contributed by atoms with Crippen LogP contribution in [0.15, 0.2) is 42.6 Å². The van der Waals surface area contributed by atoms with E-state index in [0.29, 0.717) is 13.1 Å². The van der Waals surface area contributed by atoms with E-state index in [4.69, 9.17) is 14.7 Å². The Hall–Kier alpha value is -3.78. The van der Waals surface area contributed by atoms with Gasteiger partial charge >= 0.3 is 0 Å². The van der Waals surface area contributed by atoms with Crippen molar-refractivity contribution >= 4 is 16.9 Å². The number of carbonyl (C=O) groups is 1. The minimum Gasteiger partial charge on any atom is -0.494 e. The van der Waals surface area contributed by atoms with E-state index in [0.717, 1.165) is 70.7 Å². The predicted octanol–water partition coefficient (Wildman–Crippen LogP) is 3.67. The second-order valence-corrected chi connectivity index (χ2v) is 10.0. The summed E-state index contributed by atoms with van der Waals surface area (Å²) in [6, 6.07) is 12.4. The second-order valence-electron chi connectivity index (χ2n) is 10.0. The van der Waals surface area contributed by atoms with Crippen LogP contribution in [0.4, 0.5) is 0 Å². The lowest BCUT2D eigenvalue weighted by Gasteiger charge is -2.24. The molecule has 0 radical (unpaired) electrons. The number of rotatable bonds is 5. The highest BCUT2D eigenvalue weighted by atomic mass is 16.5. The van der Waals surface area contributed by atoms with Gasteiger partial charge in [0.25, 0.3) is 0 Å². The van der Waals surface area contributed by atoms with Crippen molar-refractivity contribution in [2.45, 2.75) is 38.0 Å². The fourth-order valence-electron chi connectivity index (χ4n) is 5.70. The molecule has 1 aliphatic carbocycles. The first-order valence-electron chi connectivity index (χ1n) is 12.4. The van der Waals surface area contributed by atoms with Gasteiger partial charge in [-0.15, -0.1) is 0 Å². The van der Waals surface area contributed by atoms with E-state index in [1.54, 1.807) is 12.0 Å². The highest BCUT2D eigenvalue weighted by Crippen LogP contribution is 2.39. The summed E-state index contributed by atoms with van der Waals surface area (Å²) in [5.41, 5.74) is 8.60. The van der Waals surface area contributed by atoms with Crippen LogP contribution in [0.1, 0.15) is 36.6 Å². The highest BCUT2D eigenvalue weighted by Gasteiger charge is 2.38. The zero-order chi connectivity index (χ0) is 24.9. The fourth-order valence-corrected chi connectivity index (χ4v) is 5.70. The second kappa shape index (κ2) is 8.71. The Kier molecular flexibility index (Phi) is 5.48. The van der Waals surface area contributed by atoms with E-state index in [9.17, 15) is 9.90 Å². The molecule has 1 fully saturated rings. The number of aliphatic hydroxyl groups is 1. The van der Waals surface area contributed by atoms with E-state index < -0.39 is 6.61 Å². The predicted molar refractivity (Wildman–Crippen MR) is 137 cm³/mol. The first-order chi connectivity index (χ1) is 17.5. The summed E-state index contributed by atoms with van der Waals surface area (Å²) >= 11 is 0. The SMILES string of the molecule is COc1cc2[nH]nc(-c3ccc(C4(C)CCN(C(=O)CO)C4)nc3)c2nc1-c1cccc2c1CCC2. The van der Waals surface area contributed by atoms with Gasteiger partial charge in [-0.05, 0) is 48.9 Å². The molecule has 4 heterocycles. The van der Waals surface area contributed by atoms with Crippen molar-refractivity contribution in [3.63, 3.8) is 0 Å². The number of H-pyrrole nitrogens is 1. The number of aromatic nitrogens is 4. The van der Waals surface area contributed by atoms with Gasteiger partial charge in [-0.1, -0.05) is 25.1 Å². The van der Waals surface area contributed by atoms with Gasteiger partial charge in [-0.3, -0.25) is 14.9 Å². The van der Waals surface area contributed by atoms with Gasteiger partial charge in [0.15, 0.2) is 0 Å². The Balaban J connectivity index is 1.37. The monoisotopic (exact) mass is 483 g/mol. The van der Waals surface area contributed by atoms with Crippen LogP contribution in [0.25, 0.3) is 33.5 Å². The van der Waals surface area contributed by atoms with E-state index in [1.807, 2.05) is 24.4 Å². The van der Waals surface area contributed by atoms with Crippen LogP contribution in [0.5, 0.6) is 5.75 Å². The molecule has 1 amide bonds. The summed E-state index contributed by atoms with van der Waals surface area (Å²) in [7, 11) is 1.67. The Labute approximate surface area is 209 Å². The number of ether oxygens (including phenoxy) is 1. The number of aliphatic hydroxyl groups excluding tert-OH is 1. The molecule has 184 valence electrons. The van der Waals surface area contributed by atoms with Gasteiger partial charge < -0.3 is 14.7 Å². The third-order valence-electron chi connectivity index (χ3n) is 7.74. The minimum atomic E-state index is -0.458. The number of hydrogen-bond donors (Lipinski definition) is 2. The molecule has 1 saturated heterocycles. The Morgan fingerprint density at radius 3 is 2.89 bits per heavy atom. The number of hydrogen-bond acceptors (Lipinski definition) is 6. The van der Waals surface area contributed by atoms with Gasteiger partial charge in [0.1, 0.15) is 29.3 Å². The third-order valence-corrected chi connectivity index (χ3v) is 7.74. The molecule has 3 aromatic heterocycles. The molecular formula is C28H29N5O3. The molecule has 0 bridgehead atoms. The van der Waals surface area contributed by atoms with E-state index >= 15 is 0 Å². The summed E-state index contributed by atoms with van der Waals surface area (Å²) < 4.78 is 5.73. The number of benzene rings is 1. The van der Waals surface area contributed by atoms with Crippen LogP contribution in [-0.2, 0) is 23.1 Å². The summed E-state index contributed by atoms with van der Waals surface area (Å²) in [4.78, 5) is 23.5. The molecule has 8 nitrogen and oxygen atoms in total.